The molecule has 3 rings (SSSR count). The summed E-state index contributed by atoms with van der Waals surface area (Å²) in [6.07, 6.45) is 0.422. The van der Waals surface area contributed by atoms with Crippen LogP contribution < -0.4 is 15.0 Å². The Labute approximate surface area is 178 Å². The molecule has 1 aromatic carbocycles. The van der Waals surface area contributed by atoms with E-state index in [0.717, 1.165) is 21.7 Å². The first-order chi connectivity index (χ1) is 14.3. The minimum absolute atomic E-state index is 0.0936. The quantitative estimate of drug-likeness (QED) is 0.765. The number of nitrogens with zero attached hydrogens (tertiary/aromatic N) is 3. The van der Waals surface area contributed by atoms with E-state index >= 15 is 0 Å². The van der Waals surface area contributed by atoms with Gasteiger partial charge in [-0.1, -0.05) is 20.8 Å². The van der Waals surface area contributed by atoms with E-state index in [4.69, 9.17) is 4.74 Å². The van der Waals surface area contributed by atoms with Gasteiger partial charge in [0.25, 0.3) is 5.91 Å². The Morgan fingerprint density at radius 3 is 2.40 bits per heavy atom. The lowest BCUT2D eigenvalue weighted by molar-refractivity contribution is -0.141. The summed E-state index contributed by atoms with van der Waals surface area (Å²) < 4.78 is 5.59. The van der Waals surface area contributed by atoms with E-state index in [1.165, 1.54) is 0 Å². The van der Waals surface area contributed by atoms with E-state index in [-0.39, 0.29) is 30.3 Å². The zero-order chi connectivity index (χ0) is 22.1. The summed E-state index contributed by atoms with van der Waals surface area (Å²) in [5, 5.41) is 8.11. The van der Waals surface area contributed by atoms with Gasteiger partial charge in [0.15, 0.2) is 5.17 Å². The average Bonchev–Trinajstić information content (AvgIpc) is 3.24. The highest BCUT2D eigenvalue weighted by atomic mass is 32.2. The minimum atomic E-state index is -1.61. The summed E-state index contributed by atoms with van der Waals surface area (Å²) in [4.78, 5) is 50.5. The molecule has 1 aromatic rings. The summed E-state index contributed by atoms with van der Waals surface area (Å²) in [5.41, 5.74) is 0.812. The van der Waals surface area contributed by atoms with Crippen molar-refractivity contribution in [2.45, 2.75) is 51.8 Å². The number of amidine groups is 1. The number of nitrogens with one attached hydrogen (secondary N) is 1. The number of hydrogen-bond donors (Lipinski definition) is 1. The second-order valence-electron chi connectivity index (χ2n) is 6.61. The maximum absolute atomic E-state index is 13.7. The number of thioether (sulfide) groups is 1. The topological polar surface area (TPSA) is 108 Å². The van der Waals surface area contributed by atoms with E-state index < -0.39 is 22.6 Å². The lowest BCUT2D eigenvalue weighted by Gasteiger charge is -2.29. The Morgan fingerprint density at radius 2 is 1.80 bits per heavy atom. The molecule has 10 heteroatoms. The molecule has 1 atom stereocenters. The van der Waals surface area contributed by atoms with E-state index in [0.29, 0.717) is 23.6 Å². The molecule has 2 aliphatic heterocycles. The van der Waals surface area contributed by atoms with Gasteiger partial charge in [-0.25, -0.2) is 4.90 Å². The molecule has 0 unspecified atom stereocenters. The number of rotatable bonds is 5. The van der Waals surface area contributed by atoms with Crippen LogP contribution in [0.5, 0.6) is 5.75 Å². The second kappa shape index (κ2) is 8.47. The molecule has 9 nitrogen and oxygen atoms in total. The second-order valence-corrected chi connectivity index (χ2v) is 7.79. The fourth-order valence-corrected chi connectivity index (χ4v) is 4.58. The van der Waals surface area contributed by atoms with E-state index in [9.17, 15) is 19.2 Å². The summed E-state index contributed by atoms with van der Waals surface area (Å²) in [6.45, 7) is 7.25. The number of fused-ring (bicyclic) bond motifs is 2. The van der Waals surface area contributed by atoms with Crippen molar-refractivity contribution in [1.29, 1.82) is 0 Å². The first kappa shape index (κ1) is 21.8. The van der Waals surface area contributed by atoms with Gasteiger partial charge < -0.3 is 10.1 Å². The number of imide groups is 1. The number of carbonyl (C=O) groups is 4. The van der Waals surface area contributed by atoms with Crippen LogP contribution in [0.3, 0.4) is 0 Å². The number of amides is 4. The van der Waals surface area contributed by atoms with Crippen LogP contribution in [0.25, 0.3) is 0 Å². The first-order valence-corrected chi connectivity index (χ1v) is 10.7. The molecule has 160 valence electrons. The number of hydrazone groups is 1. The maximum atomic E-state index is 13.7. The highest BCUT2D eigenvalue weighted by Gasteiger charge is 2.62. The van der Waals surface area contributed by atoms with E-state index in [2.05, 4.69) is 10.4 Å². The monoisotopic (exact) mass is 432 g/mol. The Kier molecular flexibility index (Phi) is 6.16. The lowest BCUT2D eigenvalue weighted by Crippen LogP contribution is -2.50. The number of hydrogen-bond acceptors (Lipinski definition) is 7. The molecule has 2 aliphatic rings. The third kappa shape index (κ3) is 3.34. The average molecular weight is 433 g/mol. The van der Waals surface area contributed by atoms with Crippen LogP contribution in [-0.4, -0.2) is 40.4 Å². The number of carbonyl (C=O) groups excluding carboxylic acids is 4. The van der Waals surface area contributed by atoms with Gasteiger partial charge in [-0.3, -0.25) is 19.2 Å². The Hall–Kier alpha value is -2.88. The molecule has 2 heterocycles. The van der Waals surface area contributed by atoms with Gasteiger partial charge in [0.1, 0.15) is 5.75 Å². The number of benzene rings is 1. The Balaban J connectivity index is 2.19. The van der Waals surface area contributed by atoms with Crippen LogP contribution in [0.2, 0.25) is 0 Å². The maximum Gasteiger partial charge on any atom is 0.277 e. The highest BCUT2D eigenvalue weighted by molar-refractivity contribution is 8.15. The van der Waals surface area contributed by atoms with Crippen LogP contribution in [0, 0.1) is 0 Å². The van der Waals surface area contributed by atoms with Crippen LogP contribution in [0.15, 0.2) is 23.3 Å². The molecule has 0 bridgehead atoms. The summed E-state index contributed by atoms with van der Waals surface area (Å²) in [5.74, 6) is -1.18. The van der Waals surface area contributed by atoms with Crippen LogP contribution in [-0.2, 0) is 24.0 Å². The molecule has 0 fully saturated rings. The highest BCUT2D eigenvalue weighted by Crippen LogP contribution is 2.55. The normalized spacial score (nSPS) is 19.7. The van der Waals surface area contributed by atoms with Gasteiger partial charge in [-0.05, 0) is 36.9 Å². The van der Waals surface area contributed by atoms with Crippen LogP contribution in [0.1, 0.15) is 52.5 Å². The molecule has 0 saturated heterocycles. The van der Waals surface area contributed by atoms with Gasteiger partial charge >= 0.3 is 0 Å². The largest absolute Gasteiger partial charge is 0.494 e. The third-order valence-electron chi connectivity index (χ3n) is 4.77. The SMILES string of the molecule is CCOc1ccc2c(c1)[C@]1(SC(NC(=O)CC)=NN1C(=O)CC)C(=O)N2C(=O)CC. The van der Waals surface area contributed by atoms with Gasteiger partial charge in [0, 0.05) is 24.8 Å². The predicted molar refractivity (Wildman–Crippen MR) is 113 cm³/mol. The van der Waals surface area contributed by atoms with Crippen LogP contribution in [0.4, 0.5) is 5.69 Å². The fourth-order valence-electron chi connectivity index (χ4n) is 3.33. The molecule has 0 aliphatic carbocycles. The molecule has 0 radical (unpaired) electrons. The molecule has 1 N–H and O–H groups in total. The summed E-state index contributed by atoms with van der Waals surface area (Å²) in [6, 6.07) is 4.97. The van der Waals surface area contributed by atoms with Gasteiger partial charge in [-0.2, -0.15) is 5.01 Å². The standard InChI is InChI=1S/C20H24N4O5S/c1-5-15(25)21-19-22-24(17(27)7-3)20(30-19)13-11-12(29-8-4)9-10-14(13)23(18(20)28)16(26)6-2/h9-11H,5-8H2,1-4H3,(H,21,22,25)/t20-/m0/s1. The van der Waals surface area contributed by atoms with Crippen molar-refractivity contribution in [3.63, 3.8) is 0 Å². The van der Waals surface area contributed by atoms with Crippen molar-refractivity contribution in [2.75, 3.05) is 11.5 Å². The van der Waals surface area contributed by atoms with Crippen LogP contribution >= 0.6 is 11.8 Å². The minimum Gasteiger partial charge on any atom is -0.494 e. The van der Waals surface area contributed by atoms with Crippen molar-refractivity contribution >= 4 is 46.2 Å². The molecular weight excluding hydrogens is 408 g/mol. The molecule has 0 aromatic heterocycles. The van der Waals surface area contributed by atoms with Crippen molar-refractivity contribution < 1.29 is 23.9 Å². The van der Waals surface area contributed by atoms with Crippen molar-refractivity contribution in [1.82, 2.24) is 10.3 Å². The van der Waals surface area contributed by atoms with Gasteiger partial charge in [0.05, 0.1) is 12.3 Å². The number of ether oxygens (including phenoxy) is 1. The summed E-state index contributed by atoms with van der Waals surface area (Å²) in [7, 11) is 0. The van der Waals surface area contributed by atoms with E-state index in [1.807, 2.05) is 6.92 Å². The van der Waals surface area contributed by atoms with Gasteiger partial charge in [0.2, 0.25) is 22.6 Å². The molecule has 4 amide bonds. The van der Waals surface area contributed by atoms with Crippen molar-refractivity contribution in [3.8, 4) is 5.75 Å². The Bertz CT molecular complexity index is 947. The molecule has 1 spiro atoms. The molecular formula is C20H24N4O5S. The van der Waals surface area contributed by atoms with Crippen molar-refractivity contribution in [2.24, 2.45) is 5.10 Å². The zero-order valence-corrected chi connectivity index (χ0v) is 18.2. The third-order valence-corrected chi connectivity index (χ3v) is 6.01. The Morgan fingerprint density at radius 1 is 1.10 bits per heavy atom. The zero-order valence-electron chi connectivity index (χ0n) is 17.4. The first-order valence-electron chi connectivity index (χ1n) is 9.89. The fraction of sp³-hybridized carbons (Fsp3) is 0.450. The lowest BCUT2D eigenvalue weighted by atomic mass is 10.1. The number of anilines is 1. The van der Waals surface area contributed by atoms with Crippen molar-refractivity contribution in [3.05, 3.63) is 23.8 Å². The predicted octanol–water partition coefficient (Wildman–Crippen LogP) is 2.30. The van der Waals surface area contributed by atoms with E-state index in [1.54, 1.807) is 39.0 Å². The summed E-state index contributed by atoms with van der Waals surface area (Å²) >= 11 is 0.950. The smallest absolute Gasteiger partial charge is 0.277 e. The molecule has 0 saturated carbocycles. The molecule has 30 heavy (non-hydrogen) atoms. The van der Waals surface area contributed by atoms with Gasteiger partial charge in [-0.15, -0.1) is 5.10 Å².